The zero-order valence-corrected chi connectivity index (χ0v) is 10.7. The quantitative estimate of drug-likeness (QED) is 0.914. The molecule has 0 aliphatic carbocycles. The predicted octanol–water partition coefficient (Wildman–Crippen LogP) is 3.59. The maximum atomic E-state index is 13.1. The Morgan fingerprint density at radius 3 is 2.45 bits per heavy atom. The normalized spacial score (nSPS) is 12.0. The summed E-state index contributed by atoms with van der Waals surface area (Å²) in [5.41, 5.74) is 0.591. The fraction of sp³-hybridized carbons (Fsp3) is 0.133. The van der Waals surface area contributed by atoms with E-state index >= 15 is 0 Å². The molecule has 0 bridgehead atoms. The Balaban J connectivity index is 2.13. The van der Waals surface area contributed by atoms with E-state index in [4.69, 9.17) is 0 Å². The van der Waals surface area contributed by atoms with E-state index in [0.29, 0.717) is 5.56 Å². The molecule has 0 aromatic heterocycles. The molecule has 0 fully saturated rings. The van der Waals surface area contributed by atoms with Crippen LogP contribution in [0.15, 0.2) is 42.5 Å². The summed E-state index contributed by atoms with van der Waals surface area (Å²) in [5.74, 6) is -2.92. The fourth-order valence-corrected chi connectivity index (χ4v) is 1.77. The van der Waals surface area contributed by atoms with E-state index in [1.54, 1.807) is 6.92 Å². The van der Waals surface area contributed by atoms with Crippen LogP contribution in [0.1, 0.15) is 28.9 Å². The van der Waals surface area contributed by atoms with Crippen molar-refractivity contribution in [2.24, 2.45) is 0 Å². The van der Waals surface area contributed by atoms with Crippen molar-refractivity contribution in [2.45, 2.75) is 13.0 Å². The van der Waals surface area contributed by atoms with E-state index in [9.17, 15) is 18.0 Å². The summed E-state index contributed by atoms with van der Waals surface area (Å²) < 4.78 is 39.0. The number of benzene rings is 2. The highest BCUT2D eigenvalue weighted by atomic mass is 19.2. The summed E-state index contributed by atoms with van der Waals surface area (Å²) in [4.78, 5) is 11.9. The van der Waals surface area contributed by atoms with Gasteiger partial charge in [0.15, 0.2) is 11.6 Å². The van der Waals surface area contributed by atoms with E-state index in [-0.39, 0.29) is 5.56 Å². The van der Waals surface area contributed by atoms with Crippen LogP contribution < -0.4 is 5.32 Å². The van der Waals surface area contributed by atoms with Gasteiger partial charge in [-0.1, -0.05) is 12.1 Å². The van der Waals surface area contributed by atoms with Gasteiger partial charge in [0.1, 0.15) is 5.82 Å². The molecule has 0 saturated heterocycles. The second-order valence-corrected chi connectivity index (χ2v) is 4.38. The zero-order valence-electron chi connectivity index (χ0n) is 10.7. The van der Waals surface area contributed by atoms with Crippen LogP contribution in [0.25, 0.3) is 0 Å². The van der Waals surface area contributed by atoms with Crippen molar-refractivity contribution >= 4 is 5.91 Å². The Morgan fingerprint density at radius 2 is 1.80 bits per heavy atom. The average Bonchev–Trinajstić information content (AvgIpc) is 2.41. The first-order valence-corrected chi connectivity index (χ1v) is 5.99. The third-order valence-corrected chi connectivity index (χ3v) is 2.88. The molecule has 1 unspecified atom stereocenters. The molecule has 104 valence electrons. The summed E-state index contributed by atoms with van der Waals surface area (Å²) in [6.07, 6.45) is 0. The maximum Gasteiger partial charge on any atom is 0.251 e. The highest BCUT2D eigenvalue weighted by molar-refractivity contribution is 5.94. The molecule has 2 aromatic carbocycles. The molecule has 1 atom stereocenters. The molecule has 2 aromatic rings. The second-order valence-electron chi connectivity index (χ2n) is 4.38. The lowest BCUT2D eigenvalue weighted by molar-refractivity contribution is 0.0939. The number of halogens is 3. The average molecular weight is 279 g/mol. The van der Waals surface area contributed by atoms with Gasteiger partial charge in [-0.25, -0.2) is 13.2 Å². The first-order chi connectivity index (χ1) is 9.47. The third kappa shape index (κ3) is 3.17. The van der Waals surface area contributed by atoms with Crippen molar-refractivity contribution in [3.8, 4) is 0 Å². The van der Waals surface area contributed by atoms with E-state index in [2.05, 4.69) is 5.32 Å². The van der Waals surface area contributed by atoms with E-state index in [0.717, 1.165) is 18.2 Å². The van der Waals surface area contributed by atoms with Crippen molar-refractivity contribution in [3.63, 3.8) is 0 Å². The number of nitrogens with one attached hydrogen (secondary N) is 1. The number of carbonyl (C=O) groups excluding carboxylic acids is 1. The van der Waals surface area contributed by atoms with Crippen molar-refractivity contribution < 1.29 is 18.0 Å². The van der Waals surface area contributed by atoms with E-state index in [1.807, 2.05) is 0 Å². The van der Waals surface area contributed by atoms with Gasteiger partial charge in [-0.15, -0.1) is 0 Å². The third-order valence-electron chi connectivity index (χ3n) is 2.88. The Hall–Kier alpha value is -2.30. The molecule has 0 aliphatic heterocycles. The van der Waals surface area contributed by atoms with Crippen LogP contribution in [0.4, 0.5) is 13.2 Å². The van der Waals surface area contributed by atoms with E-state index in [1.165, 1.54) is 24.3 Å². The van der Waals surface area contributed by atoms with E-state index < -0.39 is 29.4 Å². The number of carbonyl (C=O) groups is 1. The summed E-state index contributed by atoms with van der Waals surface area (Å²) in [6.45, 7) is 1.63. The molecule has 1 N–H and O–H groups in total. The smallest absolute Gasteiger partial charge is 0.251 e. The second kappa shape index (κ2) is 5.77. The number of amides is 1. The van der Waals surface area contributed by atoms with Gasteiger partial charge < -0.3 is 5.32 Å². The molecule has 0 radical (unpaired) electrons. The summed E-state index contributed by atoms with van der Waals surface area (Å²) in [7, 11) is 0. The van der Waals surface area contributed by atoms with Crippen LogP contribution >= 0.6 is 0 Å². The first kappa shape index (κ1) is 14.1. The molecule has 2 rings (SSSR count). The predicted molar refractivity (Wildman–Crippen MR) is 68.6 cm³/mol. The van der Waals surface area contributed by atoms with Gasteiger partial charge in [0, 0.05) is 5.56 Å². The lowest BCUT2D eigenvalue weighted by atomic mass is 10.1. The van der Waals surface area contributed by atoms with Crippen LogP contribution in [0.3, 0.4) is 0 Å². The molecule has 20 heavy (non-hydrogen) atoms. The van der Waals surface area contributed by atoms with Gasteiger partial charge in [0.2, 0.25) is 0 Å². The van der Waals surface area contributed by atoms with Crippen LogP contribution in [0, 0.1) is 17.5 Å². The Morgan fingerprint density at radius 1 is 1.05 bits per heavy atom. The fourth-order valence-electron chi connectivity index (χ4n) is 1.77. The number of rotatable bonds is 3. The van der Waals surface area contributed by atoms with Gasteiger partial charge in [0.25, 0.3) is 5.91 Å². The van der Waals surface area contributed by atoms with Crippen molar-refractivity contribution in [2.75, 3.05) is 0 Å². The minimum Gasteiger partial charge on any atom is -0.346 e. The molecule has 5 heteroatoms. The van der Waals surface area contributed by atoms with Gasteiger partial charge >= 0.3 is 0 Å². The number of hydrogen-bond acceptors (Lipinski definition) is 1. The molecule has 2 nitrogen and oxygen atoms in total. The Bertz CT molecular complexity index is 643. The van der Waals surface area contributed by atoms with Crippen molar-refractivity contribution in [1.82, 2.24) is 5.32 Å². The monoisotopic (exact) mass is 279 g/mol. The SMILES string of the molecule is CC(NC(=O)c1cccc(F)c1)c1ccc(F)c(F)c1. The van der Waals surface area contributed by atoms with Gasteiger partial charge in [-0.2, -0.15) is 0 Å². The number of hydrogen-bond donors (Lipinski definition) is 1. The maximum absolute atomic E-state index is 13.1. The van der Waals surface area contributed by atoms with Crippen LogP contribution in [0.2, 0.25) is 0 Å². The van der Waals surface area contributed by atoms with Crippen molar-refractivity contribution in [3.05, 3.63) is 71.0 Å². The standard InChI is InChI=1S/C15H12F3NO/c1-9(10-5-6-13(17)14(18)8-10)19-15(20)11-3-2-4-12(16)7-11/h2-9H,1H3,(H,19,20). The summed E-state index contributed by atoms with van der Waals surface area (Å²) >= 11 is 0. The molecule has 0 saturated carbocycles. The molecular formula is C15H12F3NO. The Kier molecular flexibility index (Phi) is 4.08. The largest absolute Gasteiger partial charge is 0.346 e. The molecule has 1 amide bonds. The Labute approximate surface area is 114 Å². The summed E-state index contributed by atoms with van der Waals surface area (Å²) in [5, 5.41) is 2.59. The van der Waals surface area contributed by atoms with Gasteiger partial charge in [-0.05, 0) is 42.8 Å². The van der Waals surface area contributed by atoms with Crippen LogP contribution in [-0.4, -0.2) is 5.91 Å². The minimum absolute atomic E-state index is 0.166. The molecule has 0 aliphatic rings. The highest BCUT2D eigenvalue weighted by Crippen LogP contribution is 2.16. The van der Waals surface area contributed by atoms with Crippen molar-refractivity contribution in [1.29, 1.82) is 0 Å². The first-order valence-electron chi connectivity index (χ1n) is 5.99. The topological polar surface area (TPSA) is 29.1 Å². The van der Waals surface area contributed by atoms with Crippen LogP contribution in [0.5, 0.6) is 0 Å². The summed E-state index contributed by atoms with van der Waals surface area (Å²) in [6, 6.07) is 8.10. The lowest BCUT2D eigenvalue weighted by Crippen LogP contribution is -2.26. The lowest BCUT2D eigenvalue weighted by Gasteiger charge is -2.14. The molecule has 0 spiro atoms. The molecular weight excluding hydrogens is 267 g/mol. The van der Waals surface area contributed by atoms with Crippen LogP contribution in [-0.2, 0) is 0 Å². The minimum atomic E-state index is -0.977. The van der Waals surface area contributed by atoms with Gasteiger partial charge in [0.05, 0.1) is 6.04 Å². The zero-order chi connectivity index (χ0) is 14.7. The highest BCUT2D eigenvalue weighted by Gasteiger charge is 2.13. The molecule has 0 heterocycles. The van der Waals surface area contributed by atoms with Gasteiger partial charge in [-0.3, -0.25) is 4.79 Å².